The molecule has 2 heterocycles. The number of carbonyl (C=O) groups is 1. The highest BCUT2D eigenvalue weighted by molar-refractivity contribution is 5.92. The molecule has 7 nitrogen and oxygen atoms in total. The number of amides is 1. The van der Waals surface area contributed by atoms with Gasteiger partial charge in [0, 0.05) is 44.7 Å². The fourth-order valence-corrected chi connectivity index (χ4v) is 2.15. The zero-order valence-corrected chi connectivity index (χ0v) is 13.3. The summed E-state index contributed by atoms with van der Waals surface area (Å²) in [7, 11) is 5.69. The smallest absolute Gasteiger partial charge is 0.274 e. The predicted octanol–water partition coefficient (Wildman–Crippen LogP) is 0.865. The Morgan fingerprint density at radius 3 is 2.73 bits per heavy atom. The number of hydrogen-bond acceptors (Lipinski definition) is 5. The van der Waals surface area contributed by atoms with Crippen LogP contribution in [-0.4, -0.2) is 47.5 Å². The quantitative estimate of drug-likeness (QED) is 0.856. The first-order valence-corrected chi connectivity index (χ1v) is 7.04. The third kappa shape index (κ3) is 3.62. The number of hydrogen-bond donors (Lipinski definition) is 2. The summed E-state index contributed by atoms with van der Waals surface area (Å²) in [6.07, 6.45) is 1.69. The number of nitrogens with zero attached hydrogens (tertiary/aromatic N) is 3. The van der Waals surface area contributed by atoms with Crippen LogP contribution in [0.25, 0.3) is 10.9 Å². The predicted molar refractivity (Wildman–Crippen MR) is 88.3 cm³/mol. The van der Waals surface area contributed by atoms with Crippen molar-refractivity contribution >= 4 is 28.3 Å². The van der Waals surface area contributed by atoms with Crippen molar-refractivity contribution in [2.24, 2.45) is 7.05 Å². The minimum atomic E-state index is -0.272. The Morgan fingerprint density at radius 1 is 1.36 bits per heavy atom. The number of anilines is 2. The Labute approximate surface area is 128 Å². The van der Waals surface area contributed by atoms with Gasteiger partial charge in [-0.05, 0) is 20.2 Å². The molecule has 2 N–H and O–H groups in total. The highest BCUT2D eigenvalue weighted by atomic mass is 16.2. The molecule has 0 unspecified atom stereocenters. The summed E-state index contributed by atoms with van der Waals surface area (Å²) in [6.45, 7) is 3.03. The van der Waals surface area contributed by atoms with Crippen molar-refractivity contribution in [2.75, 3.05) is 37.8 Å². The highest BCUT2D eigenvalue weighted by Crippen LogP contribution is 2.17. The first kappa shape index (κ1) is 16.0. The number of rotatable bonds is 5. The lowest BCUT2D eigenvalue weighted by Gasteiger charge is -2.13. The van der Waals surface area contributed by atoms with E-state index in [-0.39, 0.29) is 17.2 Å². The molecule has 0 aliphatic carbocycles. The van der Waals surface area contributed by atoms with Gasteiger partial charge < -0.3 is 20.1 Å². The molecule has 1 amide bonds. The highest BCUT2D eigenvalue weighted by Gasteiger charge is 2.09. The van der Waals surface area contributed by atoms with Crippen LogP contribution in [0.1, 0.15) is 6.92 Å². The minimum absolute atomic E-state index is 0.242. The van der Waals surface area contributed by atoms with E-state index in [2.05, 4.69) is 20.5 Å². The van der Waals surface area contributed by atoms with Crippen molar-refractivity contribution in [1.82, 2.24) is 14.5 Å². The van der Waals surface area contributed by atoms with Crippen LogP contribution in [0, 0.1) is 0 Å². The van der Waals surface area contributed by atoms with Crippen molar-refractivity contribution < 1.29 is 4.79 Å². The maximum Gasteiger partial charge on any atom is 0.274 e. The Bertz CT molecular complexity index is 751. The fraction of sp³-hybridized carbons (Fsp3) is 0.400. The number of aryl methyl sites for hydroxylation is 1. The van der Waals surface area contributed by atoms with Gasteiger partial charge in [0.15, 0.2) is 0 Å². The Kier molecular flexibility index (Phi) is 4.77. The van der Waals surface area contributed by atoms with Crippen molar-refractivity contribution in [3.8, 4) is 0 Å². The van der Waals surface area contributed by atoms with Crippen molar-refractivity contribution in [3.05, 3.63) is 28.7 Å². The van der Waals surface area contributed by atoms with Crippen LogP contribution in [0.2, 0.25) is 0 Å². The van der Waals surface area contributed by atoms with Gasteiger partial charge in [-0.15, -0.1) is 0 Å². The van der Waals surface area contributed by atoms with Crippen molar-refractivity contribution in [1.29, 1.82) is 0 Å². The number of fused-ring (bicyclic) bond motifs is 1. The van der Waals surface area contributed by atoms with E-state index >= 15 is 0 Å². The first-order valence-electron chi connectivity index (χ1n) is 7.04. The molecule has 0 spiro atoms. The van der Waals surface area contributed by atoms with Crippen molar-refractivity contribution in [2.45, 2.75) is 6.92 Å². The van der Waals surface area contributed by atoms with E-state index in [0.717, 1.165) is 29.8 Å². The van der Waals surface area contributed by atoms with Crippen LogP contribution >= 0.6 is 0 Å². The van der Waals surface area contributed by atoms with E-state index in [1.807, 2.05) is 20.2 Å². The summed E-state index contributed by atoms with van der Waals surface area (Å²) < 4.78 is 1.51. The molecule has 0 bridgehead atoms. The molecule has 0 aliphatic rings. The molecular weight excluding hydrogens is 282 g/mol. The summed E-state index contributed by atoms with van der Waals surface area (Å²) in [5, 5.41) is 6.57. The second-order valence-electron chi connectivity index (χ2n) is 5.46. The van der Waals surface area contributed by atoms with Crippen LogP contribution < -0.4 is 16.2 Å². The SMILES string of the molecule is CC(=O)Nc1cc2cnc(NCCN(C)C)cc2n(C)c1=O. The average Bonchev–Trinajstić information content (AvgIpc) is 2.44. The normalized spacial score (nSPS) is 11.0. The van der Waals surface area contributed by atoms with Crippen molar-refractivity contribution in [3.63, 3.8) is 0 Å². The summed E-state index contributed by atoms with van der Waals surface area (Å²) in [5.74, 6) is 0.447. The van der Waals surface area contributed by atoms with Crippen LogP contribution in [-0.2, 0) is 11.8 Å². The van der Waals surface area contributed by atoms with Crippen LogP contribution in [0.3, 0.4) is 0 Å². The number of aromatic nitrogens is 2. The van der Waals surface area contributed by atoms with Gasteiger partial charge in [0.05, 0.1) is 5.52 Å². The van der Waals surface area contributed by atoms with Gasteiger partial charge in [0.2, 0.25) is 5.91 Å². The molecule has 2 aromatic rings. The van der Waals surface area contributed by atoms with E-state index in [4.69, 9.17) is 0 Å². The van der Waals surface area contributed by atoms with E-state index in [0.29, 0.717) is 0 Å². The summed E-state index contributed by atoms with van der Waals surface area (Å²) >= 11 is 0. The van der Waals surface area contributed by atoms with Gasteiger partial charge in [-0.2, -0.15) is 0 Å². The van der Waals surface area contributed by atoms with Gasteiger partial charge >= 0.3 is 0 Å². The number of carbonyl (C=O) groups excluding carboxylic acids is 1. The third-order valence-corrected chi connectivity index (χ3v) is 3.28. The minimum Gasteiger partial charge on any atom is -0.369 e. The fourth-order valence-electron chi connectivity index (χ4n) is 2.15. The zero-order valence-electron chi connectivity index (χ0n) is 13.3. The molecular formula is C15H21N5O2. The lowest BCUT2D eigenvalue weighted by atomic mass is 10.2. The average molecular weight is 303 g/mol. The van der Waals surface area contributed by atoms with Gasteiger partial charge in [-0.1, -0.05) is 0 Å². The molecule has 118 valence electrons. The number of nitrogens with one attached hydrogen (secondary N) is 2. The maximum atomic E-state index is 12.2. The molecule has 0 saturated carbocycles. The van der Waals surface area contributed by atoms with Gasteiger partial charge in [0.1, 0.15) is 11.5 Å². The van der Waals surface area contributed by atoms with Crippen LogP contribution in [0.5, 0.6) is 0 Å². The second-order valence-corrected chi connectivity index (χ2v) is 5.46. The van der Waals surface area contributed by atoms with Gasteiger partial charge in [0.25, 0.3) is 5.56 Å². The van der Waals surface area contributed by atoms with E-state index < -0.39 is 0 Å². The van der Waals surface area contributed by atoms with Gasteiger partial charge in [-0.25, -0.2) is 4.98 Å². The monoisotopic (exact) mass is 303 g/mol. The lowest BCUT2D eigenvalue weighted by Crippen LogP contribution is -2.23. The molecule has 2 aromatic heterocycles. The Balaban J connectivity index is 2.35. The lowest BCUT2D eigenvalue weighted by molar-refractivity contribution is -0.114. The maximum absolute atomic E-state index is 12.2. The third-order valence-electron chi connectivity index (χ3n) is 3.28. The molecule has 0 atom stereocenters. The van der Waals surface area contributed by atoms with Crippen LogP contribution in [0.4, 0.5) is 11.5 Å². The molecule has 0 saturated heterocycles. The summed E-state index contributed by atoms with van der Waals surface area (Å²) in [6, 6.07) is 3.49. The molecule has 2 rings (SSSR count). The second kappa shape index (κ2) is 6.57. The Morgan fingerprint density at radius 2 is 2.09 bits per heavy atom. The zero-order chi connectivity index (χ0) is 16.3. The molecule has 22 heavy (non-hydrogen) atoms. The van der Waals surface area contributed by atoms with E-state index in [1.165, 1.54) is 11.5 Å². The largest absolute Gasteiger partial charge is 0.369 e. The van der Waals surface area contributed by atoms with Crippen LogP contribution in [0.15, 0.2) is 23.1 Å². The summed E-state index contributed by atoms with van der Waals surface area (Å²) in [5.41, 5.74) is 0.784. The number of likely N-dealkylation sites (N-methyl/N-ethyl adjacent to an activating group) is 1. The summed E-state index contributed by atoms with van der Waals surface area (Å²) in [4.78, 5) is 29.8. The molecule has 0 radical (unpaired) electrons. The molecule has 0 aliphatic heterocycles. The first-order chi connectivity index (χ1) is 10.4. The molecule has 0 fully saturated rings. The van der Waals surface area contributed by atoms with E-state index in [9.17, 15) is 9.59 Å². The molecule has 0 aromatic carbocycles. The molecule has 7 heteroatoms. The van der Waals surface area contributed by atoms with Gasteiger partial charge in [-0.3, -0.25) is 9.59 Å². The number of pyridine rings is 2. The van der Waals surface area contributed by atoms with E-state index in [1.54, 1.807) is 19.3 Å². The Hall–Kier alpha value is -2.41. The topological polar surface area (TPSA) is 79.3 Å². The standard InChI is InChI=1S/C15H21N5O2/c1-10(21)18-12-7-11-9-17-14(16-5-6-19(2)3)8-13(11)20(4)15(12)22/h7-9H,5-6H2,1-4H3,(H,16,17)(H,18,21).